The zero-order chi connectivity index (χ0) is 17.4. The Balaban J connectivity index is 2.49. The molecule has 0 aliphatic carbocycles. The lowest BCUT2D eigenvalue weighted by Crippen LogP contribution is -2.07. The van der Waals surface area contributed by atoms with Crippen molar-refractivity contribution in [1.29, 1.82) is 0 Å². The summed E-state index contributed by atoms with van der Waals surface area (Å²) >= 11 is 0. The first-order chi connectivity index (χ1) is 11.4. The van der Waals surface area contributed by atoms with Gasteiger partial charge >= 0.3 is 0 Å². The molecule has 3 heteroatoms. The molecule has 0 aliphatic heterocycles. The van der Waals surface area contributed by atoms with Crippen LogP contribution in [0.1, 0.15) is 29.2 Å². The van der Waals surface area contributed by atoms with Gasteiger partial charge in [0.2, 0.25) is 5.56 Å². The zero-order valence-electron chi connectivity index (χ0n) is 14.2. The second kappa shape index (κ2) is 6.10. The number of hydrogen-bond donors (Lipinski definition) is 2. The Morgan fingerprint density at radius 3 is 2.58 bits per heavy atom. The molecule has 1 heterocycles. The number of nitrogens with one attached hydrogen (secondary N) is 1. The minimum absolute atomic E-state index is 0.0186. The fourth-order valence-corrected chi connectivity index (χ4v) is 3.45. The molecular weight excluding hydrogens is 298 g/mol. The van der Waals surface area contributed by atoms with Crippen LogP contribution in [-0.4, -0.2) is 10.1 Å². The van der Waals surface area contributed by atoms with Gasteiger partial charge in [-0.2, -0.15) is 0 Å². The number of aliphatic hydroxyl groups is 1. The van der Waals surface area contributed by atoms with Crippen LogP contribution in [-0.2, 0) is 6.61 Å². The highest BCUT2D eigenvalue weighted by molar-refractivity contribution is 6.00. The van der Waals surface area contributed by atoms with E-state index in [0.717, 1.165) is 49.9 Å². The Kier molecular flexibility index (Phi) is 4.12. The molecule has 0 spiro atoms. The average Bonchev–Trinajstić information content (AvgIpc) is 2.53. The lowest BCUT2D eigenvalue weighted by Gasteiger charge is -2.18. The molecule has 3 aromatic rings. The fraction of sp³-hybridized carbons (Fsp3) is 0.190. The predicted octanol–water partition coefficient (Wildman–Crippen LogP) is 4.34. The van der Waals surface area contributed by atoms with Crippen LogP contribution in [0.2, 0.25) is 0 Å². The first-order valence-corrected chi connectivity index (χ1v) is 7.96. The molecule has 0 saturated carbocycles. The highest BCUT2D eigenvalue weighted by atomic mass is 16.3. The molecule has 2 aromatic carbocycles. The topological polar surface area (TPSA) is 53.1 Å². The second-order valence-corrected chi connectivity index (χ2v) is 6.27. The molecule has 0 bridgehead atoms. The summed E-state index contributed by atoms with van der Waals surface area (Å²) < 4.78 is 0. The number of aryl methyl sites for hydroxylation is 2. The van der Waals surface area contributed by atoms with Gasteiger partial charge in [-0.3, -0.25) is 4.79 Å². The van der Waals surface area contributed by atoms with Gasteiger partial charge in [0.15, 0.2) is 0 Å². The van der Waals surface area contributed by atoms with Crippen LogP contribution in [0.5, 0.6) is 0 Å². The summed E-state index contributed by atoms with van der Waals surface area (Å²) in [6.07, 6.45) is 0. The van der Waals surface area contributed by atoms with Crippen molar-refractivity contribution in [2.45, 2.75) is 27.4 Å². The lowest BCUT2D eigenvalue weighted by atomic mass is 9.86. The van der Waals surface area contributed by atoms with E-state index in [2.05, 4.69) is 11.6 Å². The molecule has 3 nitrogen and oxygen atoms in total. The molecule has 2 N–H and O–H groups in total. The van der Waals surface area contributed by atoms with E-state index in [1.54, 1.807) is 6.07 Å². The van der Waals surface area contributed by atoms with Crippen LogP contribution in [0.15, 0.2) is 47.8 Å². The van der Waals surface area contributed by atoms with Gasteiger partial charge in [-0.15, -0.1) is 0 Å². The third-order valence-corrected chi connectivity index (χ3v) is 4.43. The van der Waals surface area contributed by atoms with Gasteiger partial charge in [0.1, 0.15) is 0 Å². The van der Waals surface area contributed by atoms with Crippen molar-refractivity contribution in [2.75, 3.05) is 0 Å². The molecule has 0 atom stereocenters. The summed E-state index contributed by atoms with van der Waals surface area (Å²) in [7, 11) is 0. The largest absolute Gasteiger partial charge is 0.392 e. The SMILES string of the molecule is C=C(C)c1c(-c2c(C)cccc2CO)ccc2[nH]c(=O)cc(C)c12. The van der Waals surface area contributed by atoms with Crippen molar-refractivity contribution in [1.82, 2.24) is 4.98 Å². The molecule has 0 fully saturated rings. The molecule has 24 heavy (non-hydrogen) atoms. The van der Waals surface area contributed by atoms with E-state index in [-0.39, 0.29) is 12.2 Å². The fourth-order valence-electron chi connectivity index (χ4n) is 3.45. The molecule has 0 radical (unpaired) electrons. The Labute approximate surface area is 141 Å². The number of allylic oxidation sites excluding steroid dienone is 1. The van der Waals surface area contributed by atoms with Crippen LogP contribution in [0, 0.1) is 13.8 Å². The molecule has 0 unspecified atom stereocenters. The molecule has 122 valence electrons. The van der Waals surface area contributed by atoms with E-state index in [1.807, 2.05) is 51.1 Å². The highest BCUT2D eigenvalue weighted by Crippen LogP contribution is 2.38. The minimum atomic E-state index is -0.104. The number of benzene rings is 2. The number of pyridine rings is 1. The van der Waals surface area contributed by atoms with Gasteiger partial charge in [-0.25, -0.2) is 0 Å². The molecule has 0 saturated heterocycles. The number of aliphatic hydroxyl groups excluding tert-OH is 1. The van der Waals surface area contributed by atoms with Crippen molar-refractivity contribution in [3.05, 3.63) is 75.6 Å². The molecule has 3 rings (SSSR count). The van der Waals surface area contributed by atoms with Gasteiger partial charge in [0.05, 0.1) is 6.61 Å². The van der Waals surface area contributed by atoms with Crippen LogP contribution in [0.4, 0.5) is 0 Å². The van der Waals surface area contributed by atoms with Crippen molar-refractivity contribution < 1.29 is 5.11 Å². The number of hydrogen-bond acceptors (Lipinski definition) is 2. The molecule has 0 amide bonds. The monoisotopic (exact) mass is 319 g/mol. The van der Waals surface area contributed by atoms with E-state index in [0.29, 0.717) is 0 Å². The smallest absolute Gasteiger partial charge is 0.248 e. The Hall–Kier alpha value is -2.65. The van der Waals surface area contributed by atoms with Gasteiger partial charge in [0, 0.05) is 17.0 Å². The van der Waals surface area contributed by atoms with Crippen LogP contribution < -0.4 is 5.56 Å². The van der Waals surface area contributed by atoms with E-state index < -0.39 is 0 Å². The quantitative estimate of drug-likeness (QED) is 0.754. The summed E-state index contributed by atoms with van der Waals surface area (Å²) in [6, 6.07) is 11.5. The lowest BCUT2D eigenvalue weighted by molar-refractivity contribution is 0.282. The van der Waals surface area contributed by atoms with Crippen LogP contribution in [0.3, 0.4) is 0 Å². The third kappa shape index (κ3) is 2.57. The van der Waals surface area contributed by atoms with Crippen molar-refractivity contribution in [2.24, 2.45) is 0 Å². The summed E-state index contributed by atoms with van der Waals surface area (Å²) in [5.74, 6) is 0. The molecular formula is C21H21NO2. The van der Waals surface area contributed by atoms with E-state index >= 15 is 0 Å². The van der Waals surface area contributed by atoms with Gasteiger partial charge in [-0.1, -0.05) is 30.8 Å². The van der Waals surface area contributed by atoms with Crippen molar-refractivity contribution in [3.63, 3.8) is 0 Å². The highest BCUT2D eigenvalue weighted by Gasteiger charge is 2.16. The Morgan fingerprint density at radius 1 is 1.17 bits per heavy atom. The second-order valence-electron chi connectivity index (χ2n) is 6.27. The Bertz CT molecular complexity index is 1010. The van der Waals surface area contributed by atoms with Gasteiger partial charge < -0.3 is 10.1 Å². The first-order valence-electron chi connectivity index (χ1n) is 7.96. The average molecular weight is 319 g/mol. The summed E-state index contributed by atoms with van der Waals surface area (Å²) in [6.45, 7) is 10.1. The minimum Gasteiger partial charge on any atom is -0.392 e. The standard InChI is InChI=1S/C21H21NO2/c1-12(2)19-16(20-13(3)6-5-7-15(20)11-23)8-9-17-21(19)14(4)10-18(24)22-17/h5-10,23H,1,11H2,2-4H3,(H,22,24). The summed E-state index contributed by atoms with van der Waals surface area (Å²) in [5.41, 5.74) is 7.63. The van der Waals surface area contributed by atoms with Gasteiger partial charge in [-0.05, 0) is 65.8 Å². The number of rotatable bonds is 3. The maximum Gasteiger partial charge on any atom is 0.248 e. The third-order valence-electron chi connectivity index (χ3n) is 4.43. The van der Waals surface area contributed by atoms with Crippen LogP contribution >= 0.6 is 0 Å². The number of aromatic nitrogens is 1. The number of fused-ring (bicyclic) bond motifs is 1. The van der Waals surface area contributed by atoms with Crippen molar-refractivity contribution >= 4 is 16.5 Å². The normalized spacial score (nSPS) is 11.0. The predicted molar refractivity (Wildman–Crippen MR) is 100 cm³/mol. The van der Waals surface area contributed by atoms with E-state index in [4.69, 9.17) is 0 Å². The molecule has 0 aliphatic rings. The summed E-state index contributed by atoms with van der Waals surface area (Å²) in [5, 5.41) is 10.8. The van der Waals surface area contributed by atoms with Gasteiger partial charge in [0.25, 0.3) is 0 Å². The summed E-state index contributed by atoms with van der Waals surface area (Å²) in [4.78, 5) is 14.7. The number of H-pyrrole nitrogens is 1. The van der Waals surface area contributed by atoms with E-state index in [1.165, 1.54) is 0 Å². The van der Waals surface area contributed by atoms with Crippen LogP contribution in [0.25, 0.3) is 27.6 Å². The first kappa shape index (κ1) is 16.2. The maximum atomic E-state index is 11.8. The maximum absolute atomic E-state index is 11.8. The van der Waals surface area contributed by atoms with E-state index in [9.17, 15) is 9.90 Å². The zero-order valence-corrected chi connectivity index (χ0v) is 14.2. The molecule has 1 aromatic heterocycles. The van der Waals surface area contributed by atoms with Crippen molar-refractivity contribution in [3.8, 4) is 11.1 Å². The Morgan fingerprint density at radius 2 is 1.92 bits per heavy atom. The number of aromatic amines is 1.